The van der Waals surface area contributed by atoms with Gasteiger partial charge in [0.15, 0.2) is 0 Å². The highest BCUT2D eigenvalue weighted by Crippen LogP contribution is 2.30. The summed E-state index contributed by atoms with van der Waals surface area (Å²) in [6.45, 7) is 0. The number of ether oxygens (including phenoxy) is 2. The van der Waals surface area contributed by atoms with Gasteiger partial charge < -0.3 is 19.5 Å². The van der Waals surface area contributed by atoms with Crippen molar-refractivity contribution in [3.05, 3.63) is 47.5 Å². The van der Waals surface area contributed by atoms with E-state index in [1.807, 2.05) is 0 Å². The van der Waals surface area contributed by atoms with Crippen molar-refractivity contribution in [3.8, 4) is 17.2 Å². The molecular weight excluding hydrogens is 266 g/mol. The van der Waals surface area contributed by atoms with Crippen LogP contribution in [0, 0.1) is 0 Å². The molecule has 98 valence electrons. The van der Waals surface area contributed by atoms with Gasteiger partial charge in [-0.2, -0.15) is 0 Å². The Morgan fingerprint density at radius 2 is 1.63 bits per heavy atom. The number of hydrogen-bond acceptors (Lipinski definition) is 4. The van der Waals surface area contributed by atoms with Crippen molar-refractivity contribution in [2.45, 2.75) is 0 Å². The molecule has 0 unspecified atom stereocenters. The summed E-state index contributed by atoms with van der Waals surface area (Å²) in [6, 6.07) is 11.5. The van der Waals surface area contributed by atoms with Crippen molar-refractivity contribution in [1.29, 1.82) is 0 Å². The second-order valence-corrected chi connectivity index (χ2v) is 4.25. The molecule has 0 heterocycles. The first-order chi connectivity index (χ1) is 9.10. The van der Waals surface area contributed by atoms with Crippen LogP contribution in [0.2, 0.25) is 5.02 Å². The van der Waals surface area contributed by atoms with Gasteiger partial charge in [-0.05, 0) is 29.7 Å². The Hall–Kier alpha value is -1.69. The molecule has 2 N–H and O–H groups in total. The second kappa shape index (κ2) is 5.97. The first kappa shape index (κ1) is 13.7. The minimum atomic E-state index is -1.48. The SMILES string of the molecule is COc1ccc(Oc2ccc(B(O)O)cc2)cc1Cl. The number of rotatable bonds is 4. The zero-order valence-electron chi connectivity index (χ0n) is 10.2. The minimum Gasteiger partial charge on any atom is -0.495 e. The minimum absolute atomic E-state index is 0.403. The summed E-state index contributed by atoms with van der Waals surface area (Å²) in [4.78, 5) is 0. The zero-order chi connectivity index (χ0) is 13.8. The fraction of sp³-hybridized carbons (Fsp3) is 0.0769. The second-order valence-electron chi connectivity index (χ2n) is 3.84. The van der Waals surface area contributed by atoms with E-state index >= 15 is 0 Å². The lowest BCUT2D eigenvalue weighted by molar-refractivity contribution is 0.413. The third kappa shape index (κ3) is 3.41. The van der Waals surface area contributed by atoms with Crippen LogP contribution in [0.4, 0.5) is 0 Å². The average molecular weight is 278 g/mol. The van der Waals surface area contributed by atoms with Gasteiger partial charge in [0, 0.05) is 6.07 Å². The lowest BCUT2D eigenvalue weighted by atomic mass is 9.80. The van der Waals surface area contributed by atoms with E-state index in [4.69, 9.17) is 31.1 Å². The highest BCUT2D eigenvalue weighted by molar-refractivity contribution is 6.58. The van der Waals surface area contributed by atoms with Gasteiger partial charge in [-0.25, -0.2) is 0 Å². The molecule has 0 aliphatic carbocycles. The van der Waals surface area contributed by atoms with E-state index in [2.05, 4.69) is 0 Å². The van der Waals surface area contributed by atoms with Gasteiger partial charge >= 0.3 is 7.12 Å². The predicted octanol–water partition coefficient (Wildman–Crippen LogP) is 1.82. The molecule has 0 aliphatic heterocycles. The smallest absolute Gasteiger partial charge is 0.488 e. The normalized spacial score (nSPS) is 10.1. The predicted molar refractivity (Wildman–Crippen MR) is 74.3 cm³/mol. The molecule has 0 atom stereocenters. The van der Waals surface area contributed by atoms with Gasteiger partial charge in [-0.3, -0.25) is 0 Å². The summed E-state index contributed by atoms with van der Waals surface area (Å²) >= 11 is 5.99. The van der Waals surface area contributed by atoms with E-state index in [1.54, 1.807) is 49.6 Å². The first-order valence-electron chi connectivity index (χ1n) is 5.57. The molecule has 0 aromatic heterocycles. The van der Waals surface area contributed by atoms with Gasteiger partial charge in [-0.1, -0.05) is 23.7 Å². The standard InChI is InChI=1S/C13H12BClO4/c1-18-13-7-6-11(8-12(13)15)19-10-4-2-9(3-5-10)14(16)17/h2-8,16-17H,1H3. The van der Waals surface area contributed by atoms with Gasteiger partial charge in [0.2, 0.25) is 0 Å². The number of benzene rings is 2. The summed E-state index contributed by atoms with van der Waals surface area (Å²) in [5.41, 5.74) is 0.403. The van der Waals surface area contributed by atoms with E-state index in [-0.39, 0.29) is 0 Å². The maximum atomic E-state index is 8.98. The van der Waals surface area contributed by atoms with E-state index < -0.39 is 7.12 Å². The lowest BCUT2D eigenvalue weighted by Crippen LogP contribution is -2.29. The molecule has 4 nitrogen and oxygen atoms in total. The van der Waals surface area contributed by atoms with Crippen LogP contribution in [0.5, 0.6) is 17.2 Å². The van der Waals surface area contributed by atoms with Crippen LogP contribution >= 0.6 is 11.6 Å². The molecule has 2 aromatic carbocycles. The molecule has 0 aliphatic rings. The molecule has 0 spiro atoms. The van der Waals surface area contributed by atoms with Crippen molar-refractivity contribution >= 4 is 24.2 Å². The Balaban J connectivity index is 2.14. The van der Waals surface area contributed by atoms with E-state index in [9.17, 15) is 0 Å². The summed E-state index contributed by atoms with van der Waals surface area (Å²) < 4.78 is 10.6. The molecule has 2 aromatic rings. The van der Waals surface area contributed by atoms with Crippen molar-refractivity contribution < 1.29 is 19.5 Å². The highest BCUT2D eigenvalue weighted by atomic mass is 35.5. The Bertz CT molecular complexity index is 557. The van der Waals surface area contributed by atoms with Crippen molar-refractivity contribution in [2.24, 2.45) is 0 Å². The molecule has 0 saturated heterocycles. The molecule has 0 fully saturated rings. The molecule has 2 rings (SSSR count). The summed E-state index contributed by atoms with van der Waals surface area (Å²) in [6.07, 6.45) is 0. The quantitative estimate of drug-likeness (QED) is 0.838. The third-order valence-corrected chi connectivity index (χ3v) is 2.83. The number of hydrogen-bond donors (Lipinski definition) is 2. The third-order valence-electron chi connectivity index (χ3n) is 2.54. The van der Waals surface area contributed by atoms with Crippen LogP contribution in [-0.4, -0.2) is 24.3 Å². The molecule has 0 radical (unpaired) electrons. The fourth-order valence-corrected chi connectivity index (χ4v) is 1.80. The monoisotopic (exact) mass is 278 g/mol. The Morgan fingerprint density at radius 1 is 1.00 bits per heavy atom. The van der Waals surface area contributed by atoms with Gasteiger partial charge in [0.1, 0.15) is 17.2 Å². The zero-order valence-corrected chi connectivity index (χ0v) is 11.0. The number of methoxy groups -OCH3 is 1. The molecule has 0 saturated carbocycles. The van der Waals surface area contributed by atoms with E-state index in [0.29, 0.717) is 27.7 Å². The Kier molecular flexibility index (Phi) is 4.32. The van der Waals surface area contributed by atoms with Crippen molar-refractivity contribution in [1.82, 2.24) is 0 Å². The highest BCUT2D eigenvalue weighted by Gasteiger charge is 2.10. The van der Waals surface area contributed by atoms with Crippen molar-refractivity contribution in [3.63, 3.8) is 0 Å². The molecular formula is C13H12BClO4. The lowest BCUT2D eigenvalue weighted by Gasteiger charge is -2.08. The van der Waals surface area contributed by atoms with Crippen LogP contribution in [0.3, 0.4) is 0 Å². The first-order valence-corrected chi connectivity index (χ1v) is 5.95. The van der Waals surface area contributed by atoms with Crippen molar-refractivity contribution in [2.75, 3.05) is 7.11 Å². The summed E-state index contributed by atoms with van der Waals surface area (Å²) in [5, 5.41) is 18.4. The maximum absolute atomic E-state index is 8.98. The fourth-order valence-electron chi connectivity index (χ4n) is 1.55. The summed E-state index contributed by atoms with van der Waals surface area (Å²) in [5.74, 6) is 1.72. The largest absolute Gasteiger partial charge is 0.495 e. The summed E-state index contributed by atoms with van der Waals surface area (Å²) in [7, 11) is 0.0604. The van der Waals surface area contributed by atoms with Gasteiger partial charge in [0.25, 0.3) is 0 Å². The van der Waals surface area contributed by atoms with Gasteiger partial charge in [0.05, 0.1) is 12.1 Å². The van der Waals surface area contributed by atoms with Crippen LogP contribution in [0.1, 0.15) is 0 Å². The van der Waals surface area contributed by atoms with Crippen LogP contribution in [0.25, 0.3) is 0 Å². The molecule has 6 heteroatoms. The molecule has 19 heavy (non-hydrogen) atoms. The Morgan fingerprint density at radius 3 is 2.16 bits per heavy atom. The number of halogens is 1. The van der Waals surface area contributed by atoms with Crippen LogP contribution in [-0.2, 0) is 0 Å². The maximum Gasteiger partial charge on any atom is 0.488 e. The molecule has 0 bridgehead atoms. The van der Waals surface area contributed by atoms with Crippen LogP contribution < -0.4 is 14.9 Å². The van der Waals surface area contributed by atoms with Gasteiger partial charge in [-0.15, -0.1) is 0 Å². The topological polar surface area (TPSA) is 58.9 Å². The molecule has 0 amide bonds. The Labute approximate surface area is 116 Å². The van der Waals surface area contributed by atoms with Crippen LogP contribution in [0.15, 0.2) is 42.5 Å². The van der Waals surface area contributed by atoms with E-state index in [1.165, 1.54) is 0 Å². The average Bonchev–Trinajstić information content (AvgIpc) is 2.39. The van der Waals surface area contributed by atoms with E-state index in [0.717, 1.165) is 0 Å².